The summed E-state index contributed by atoms with van der Waals surface area (Å²) in [4.78, 5) is 20.3. The predicted molar refractivity (Wildman–Crippen MR) is 89.0 cm³/mol. The summed E-state index contributed by atoms with van der Waals surface area (Å²) < 4.78 is 42.6. The number of carboxylic acid groups (broad SMARTS) is 1. The van der Waals surface area contributed by atoms with Crippen molar-refractivity contribution in [2.24, 2.45) is 11.7 Å². The summed E-state index contributed by atoms with van der Waals surface area (Å²) >= 11 is 0. The Labute approximate surface area is 154 Å². The molecule has 1 heterocycles. The second kappa shape index (κ2) is 8.71. The lowest BCUT2D eigenvalue weighted by molar-refractivity contribution is -0.192. The minimum atomic E-state index is -5.08. The smallest absolute Gasteiger partial charge is 0.475 e. The molecule has 1 aromatic rings. The van der Waals surface area contributed by atoms with Crippen LogP contribution in [-0.4, -0.2) is 42.5 Å². The normalized spacial score (nSPS) is 25.1. The molecule has 3 atom stereocenters. The number of methoxy groups -OCH3 is 1. The number of hydrogen-bond acceptors (Lipinski definition) is 5. The summed E-state index contributed by atoms with van der Waals surface area (Å²) in [6.07, 6.45) is -0.362. The largest absolute Gasteiger partial charge is 0.490 e. The molecule has 6 nitrogen and oxygen atoms in total. The number of benzene rings is 1. The Balaban J connectivity index is 0.000000321. The average Bonchev–Trinajstić information content (AvgIpc) is 3.45. The first-order valence-electron chi connectivity index (χ1n) is 8.51. The van der Waals surface area contributed by atoms with Crippen LogP contribution >= 0.6 is 0 Å². The molecular weight excluding hydrogens is 367 g/mol. The zero-order chi connectivity index (χ0) is 20.2. The number of carboxylic acids is 1. The third-order valence-corrected chi connectivity index (χ3v) is 4.48. The van der Waals surface area contributed by atoms with Crippen LogP contribution in [0.2, 0.25) is 0 Å². The maximum atomic E-state index is 11.4. The SMILES string of the molecule is COC(=O)c1ccc([C@H]2CC(N)C[C@@H](C3CC3)O2)cc1.O=C(O)C(F)(F)F. The molecule has 0 amide bonds. The van der Waals surface area contributed by atoms with Gasteiger partial charge in [-0.05, 0) is 49.3 Å². The Kier molecular flexibility index (Phi) is 6.83. The fourth-order valence-corrected chi connectivity index (χ4v) is 2.93. The second-order valence-electron chi connectivity index (χ2n) is 6.65. The summed E-state index contributed by atoms with van der Waals surface area (Å²) in [5.74, 6) is -2.36. The van der Waals surface area contributed by atoms with E-state index in [-0.39, 0.29) is 18.1 Å². The van der Waals surface area contributed by atoms with Crippen molar-refractivity contribution in [2.75, 3.05) is 7.11 Å². The van der Waals surface area contributed by atoms with Crippen LogP contribution in [0.5, 0.6) is 0 Å². The Morgan fingerprint density at radius 1 is 1.19 bits per heavy atom. The van der Waals surface area contributed by atoms with Crippen LogP contribution in [0.15, 0.2) is 24.3 Å². The van der Waals surface area contributed by atoms with Crippen molar-refractivity contribution >= 4 is 11.9 Å². The van der Waals surface area contributed by atoms with Gasteiger partial charge in [-0.2, -0.15) is 13.2 Å². The summed E-state index contributed by atoms with van der Waals surface area (Å²) in [5, 5.41) is 7.12. The van der Waals surface area contributed by atoms with Crippen LogP contribution < -0.4 is 5.73 Å². The summed E-state index contributed by atoms with van der Waals surface area (Å²) in [7, 11) is 1.39. The van der Waals surface area contributed by atoms with E-state index in [2.05, 4.69) is 0 Å². The minimum absolute atomic E-state index is 0.0519. The predicted octanol–water partition coefficient (Wildman–Crippen LogP) is 3.06. The number of carbonyl (C=O) groups is 2. The Morgan fingerprint density at radius 2 is 1.74 bits per heavy atom. The van der Waals surface area contributed by atoms with Crippen LogP contribution in [0.1, 0.15) is 47.7 Å². The van der Waals surface area contributed by atoms with Crippen molar-refractivity contribution in [2.45, 2.75) is 50.1 Å². The topological polar surface area (TPSA) is 98.9 Å². The van der Waals surface area contributed by atoms with E-state index < -0.39 is 12.1 Å². The molecule has 27 heavy (non-hydrogen) atoms. The monoisotopic (exact) mass is 389 g/mol. The average molecular weight is 389 g/mol. The molecule has 1 aromatic carbocycles. The van der Waals surface area contributed by atoms with Gasteiger partial charge in [0.25, 0.3) is 0 Å². The van der Waals surface area contributed by atoms with Crippen LogP contribution in [0.3, 0.4) is 0 Å². The first kappa shape index (κ1) is 21.2. The standard InChI is InChI=1S/C16H21NO3.C2HF3O2/c1-19-16(18)12-6-4-11(5-7-12)15-9-13(17)8-14(20-15)10-2-3-10;3-2(4,5)1(6)7/h4-7,10,13-15H,2-3,8-9,17H2,1H3;(H,6,7)/t13?,14-,15+;/m0./s1. The minimum Gasteiger partial charge on any atom is -0.475 e. The lowest BCUT2D eigenvalue weighted by Crippen LogP contribution is -2.37. The number of alkyl halides is 3. The van der Waals surface area contributed by atoms with Crippen molar-refractivity contribution in [3.8, 4) is 0 Å². The van der Waals surface area contributed by atoms with Crippen LogP contribution in [0, 0.1) is 5.92 Å². The van der Waals surface area contributed by atoms with Crippen molar-refractivity contribution in [1.29, 1.82) is 0 Å². The molecule has 1 unspecified atom stereocenters. The summed E-state index contributed by atoms with van der Waals surface area (Å²) in [5.41, 5.74) is 7.82. The molecular formula is C18H22F3NO5. The van der Waals surface area contributed by atoms with Gasteiger partial charge in [-0.15, -0.1) is 0 Å². The molecule has 1 saturated heterocycles. The first-order chi connectivity index (χ1) is 12.6. The summed E-state index contributed by atoms with van der Waals surface area (Å²) in [6, 6.07) is 7.67. The third kappa shape index (κ3) is 6.21. The van der Waals surface area contributed by atoms with E-state index in [4.69, 9.17) is 25.1 Å². The maximum absolute atomic E-state index is 11.4. The van der Waals surface area contributed by atoms with E-state index in [1.54, 1.807) is 12.1 Å². The number of rotatable bonds is 3. The van der Waals surface area contributed by atoms with E-state index in [1.807, 2.05) is 12.1 Å². The van der Waals surface area contributed by atoms with Gasteiger partial charge in [0.05, 0.1) is 24.9 Å². The molecule has 2 fully saturated rings. The van der Waals surface area contributed by atoms with Crippen molar-refractivity contribution in [3.63, 3.8) is 0 Å². The molecule has 2 aliphatic rings. The zero-order valence-electron chi connectivity index (χ0n) is 14.7. The number of aliphatic carboxylic acids is 1. The Morgan fingerprint density at radius 3 is 2.19 bits per heavy atom. The highest BCUT2D eigenvalue weighted by Crippen LogP contribution is 2.42. The number of halogens is 3. The van der Waals surface area contributed by atoms with Crippen LogP contribution in [0.4, 0.5) is 13.2 Å². The van der Waals surface area contributed by atoms with Gasteiger partial charge in [0.1, 0.15) is 0 Å². The number of ether oxygens (including phenoxy) is 2. The number of carbonyl (C=O) groups excluding carboxylic acids is 1. The second-order valence-corrected chi connectivity index (χ2v) is 6.65. The molecule has 9 heteroatoms. The molecule has 1 saturated carbocycles. The number of esters is 1. The molecule has 1 aliphatic carbocycles. The highest BCUT2D eigenvalue weighted by Gasteiger charge is 2.39. The molecule has 3 rings (SSSR count). The lowest BCUT2D eigenvalue weighted by Gasteiger charge is -2.34. The third-order valence-electron chi connectivity index (χ3n) is 4.48. The first-order valence-corrected chi connectivity index (χ1v) is 8.51. The van der Waals surface area contributed by atoms with E-state index in [0.29, 0.717) is 17.6 Å². The van der Waals surface area contributed by atoms with Gasteiger partial charge in [0.2, 0.25) is 0 Å². The van der Waals surface area contributed by atoms with Gasteiger partial charge in [-0.1, -0.05) is 12.1 Å². The molecule has 3 N–H and O–H groups in total. The fourth-order valence-electron chi connectivity index (χ4n) is 2.93. The summed E-state index contributed by atoms with van der Waals surface area (Å²) in [6.45, 7) is 0. The van der Waals surface area contributed by atoms with Crippen molar-refractivity contribution in [3.05, 3.63) is 35.4 Å². The highest BCUT2D eigenvalue weighted by atomic mass is 19.4. The zero-order valence-corrected chi connectivity index (χ0v) is 14.7. The molecule has 0 radical (unpaired) electrons. The van der Waals surface area contributed by atoms with E-state index in [9.17, 15) is 18.0 Å². The van der Waals surface area contributed by atoms with Crippen molar-refractivity contribution < 1.29 is 37.3 Å². The van der Waals surface area contributed by atoms with Gasteiger partial charge in [-0.3, -0.25) is 0 Å². The maximum Gasteiger partial charge on any atom is 0.490 e. The fraction of sp³-hybridized carbons (Fsp3) is 0.556. The lowest BCUT2D eigenvalue weighted by atomic mass is 9.92. The van der Waals surface area contributed by atoms with Crippen LogP contribution in [0.25, 0.3) is 0 Å². The molecule has 0 bridgehead atoms. The van der Waals surface area contributed by atoms with Crippen LogP contribution in [-0.2, 0) is 14.3 Å². The van der Waals surface area contributed by atoms with Gasteiger partial charge >= 0.3 is 18.1 Å². The molecule has 1 aliphatic heterocycles. The highest BCUT2D eigenvalue weighted by molar-refractivity contribution is 5.89. The van der Waals surface area contributed by atoms with Gasteiger partial charge in [-0.25, -0.2) is 9.59 Å². The van der Waals surface area contributed by atoms with E-state index in [1.165, 1.54) is 20.0 Å². The van der Waals surface area contributed by atoms with Crippen molar-refractivity contribution in [1.82, 2.24) is 0 Å². The van der Waals surface area contributed by atoms with Gasteiger partial charge < -0.3 is 20.3 Å². The Bertz CT molecular complexity index is 658. The molecule has 150 valence electrons. The molecule has 0 aromatic heterocycles. The van der Waals surface area contributed by atoms with Gasteiger partial charge in [0.15, 0.2) is 0 Å². The van der Waals surface area contributed by atoms with E-state index in [0.717, 1.165) is 18.4 Å². The molecule has 0 spiro atoms. The number of nitrogens with two attached hydrogens (primary N) is 1. The Hall–Kier alpha value is -2.13. The number of hydrogen-bond donors (Lipinski definition) is 2. The quantitative estimate of drug-likeness (QED) is 0.771. The van der Waals surface area contributed by atoms with Gasteiger partial charge in [0, 0.05) is 6.04 Å². The van der Waals surface area contributed by atoms with E-state index >= 15 is 0 Å².